The van der Waals surface area contributed by atoms with Crippen molar-refractivity contribution < 1.29 is 0 Å². The van der Waals surface area contributed by atoms with Crippen LogP contribution in [0.4, 0.5) is 5.82 Å². The molecule has 3 atom stereocenters. The van der Waals surface area contributed by atoms with E-state index in [1.165, 1.54) is 12.0 Å². The minimum Gasteiger partial charge on any atom is -0.356 e. The number of rotatable bonds is 3. The lowest BCUT2D eigenvalue weighted by Gasteiger charge is -2.36. The lowest BCUT2D eigenvalue weighted by atomic mass is 9.91. The summed E-state index contributed by atoms with van der Waals surface area (Å²) in [6, 6.07) is 4.36. The molecule has 1 aromatic heterocycles. The van der Waals surface area contributed by atoms with Gasteiger partial charge in [-0.05, 0) is 43.2 Å². The first-order chi connectivity index (χ1) is 8.56. The third kappa shape index (κ3) is 3.22. The van der Waals surface area contributed by atoms with Crippen LogP contribution < -0.4 is 10.6 Å². The van der Waals surface area contributed by atoms with Gasteiger partial charge in [0.15, 0.2) is 0 Å². The van der Waals surface area contributed by atoms with E-state index in [4.69, 9.17) is 5.73 Å². The molecule has 3 unspecified atom stereocenters. The molecule has 1 aliphatic rings. The standard InChI is InChI=1S/C15H25N3/c1-11-7-12(2)10-18(9-11)15-14(8-13(3)16)5-4-6-17-15/h4-6,11-13H,7-10,16H2,1-3H3. The van der Waals surface area contributed by atoms with Gasteiger partial charge in [0, 0.05) is 25.3 Å². The average molecular weight is 247 g/mol. The van der Waals surface area contributed by atoms with Crippen molar-refractivity contribution in [3.8, 4) is 0 Å². The van der Waals surface area contributed by atoms with E-state index in [1.807, 2.05) is 12.3 Å². The van der Waals surface area contributed by atoms with Crippen molar-refractivity contribution in [2.45, 2.75) is 39.7 Å². The zero-order chi connectivity index (χ0) is 13.1. The third-order valence-electron chi connectivity index (χ3n) is 3.58. The van der Waals surface area contributed by atoms with Crippen molar-refractivity contribution in [1.82, 2.24) is 4.98 Å². The first-order valence-corrected chi connectivity index (χ1v) is 7.00. The van der Waals surface area contributed by atoms with E-state index in [2.05, 4.69) is 36.7 Å². The highest BCUT2D eigenvalue weighted by Crippen LogP contribution is 2.27. The Morgan fingerprint density at radius 2 is 2.06 bits per heavy atom. The number of anilines is 1. The molecule has 0 aliphatic carbocycles. The molecule has 0 bridgehead atoms. The van der Waals surface area contributed by atoms with E-state index < -0.39 is 0 Å². The van der Waals surface area contributed by atoms with Gasteiger partial charge in [-0.3, -0.25) is 0 Å². The molecular formula is C15H25N3. The fourth-order valence-electron chi connectivity index (χ4n) is 3.06. The van der Waals surface area contributed by atoms with Gasteiger partial charge in [0.2, 0.25) is 0 Å². The van der Waals surface area contributed by atoms with E-state index in [9.17, 15) is 0 Å². The van der Waals surface area contributed by atoms with Crippen molar-refractivity contribution in [3.05, 3.63) is 23.9 Å². The van der Waals surface area contributed by atoms with Gasteiger partial charge in [-0.2, -0.15) is 0 Å². The van der Waals surface area contributed by atoms with Crippen LogP contribution in [0.15, 0.2) is 18.3 Å². The van der Waals surface area contributed by atoms with E-state index in [0.717, 1.165) is 37.2 Å². The van der Waals surface area contributed by atoms with E-state index >= 15 is 0 Å². The molecule has 1 aromatic rings. The molecule has 0 spiro atoms. The summed E-state index contributed by atoms with van der Waals surface area (Å²) < 4.78 is 0. The second-order valence-corrected chi connectivity index (χ2v) is 6.02. The Hall–Kier alpha value is -1.09. The predicted molar refractivity (Wildman–Crippen MR) is 76.7 cm³/mol. The Labute approximate surface area is 110 Å². The minimum atomic E-state index is 0.188. The first-order valence-electron chi connectivity index (χ1n) is 7.00. The predicted octanol–water partition coefficient (Wildman–Crippen LogP) is 2.45. The van der Waals surface area contributed by atoms with Gasteiger partial charge < -0.3 is 10.6 Å². The summed E-state index contributed by atoms with van der Waals surface area (Å²) in [5.74, 6) is 2.64. The molecule has 3 nitrogen and oxygen atoms in total. The molecule has 2 rings (SSSR count). The molecule has 0 aromatic carbocycles. The summed E-state index contributed by atoms with van der Waals surface area (Å²) in [4.78, 5) is 7.04. The first kappa shape index (κ1) is 13.3. The Balaban J connectivity index is 2.21. The zero-order valence-electron chi connectivity index (χ0n) is 11.8. The van der Waals surface area contributed by atoms with Crippen molar-refractivity contribution in [2.75, 3.05) is 18.0 Å². The topological polar surface area (TPSA) is 42.1 Å². The van der Waals surface area contributed by atoms with Crippen LogP contribution in [0, 0.1) is 11.8 Å². The zero-order valence-corrected chi connectivity index (χ0v) is 11.8. The van der Waals surface area contributed by atoms with Crippen LogP contribution in [0.5, 0.6) is 0 Å². The summed E-state index contributed by atoms with van der Waals surface area (Å²) in [5.41, 5.74) is 7.22. The van der Waals surface area contributed by atoms with E-state index in [1.54, 1.807) is 0 Å². The highest BCUT2D eigenvalue weighted by Gasteiger charge is 2.24. The van der Waals surface area contributed by atoms with Crippen molar-refractivity contribution in [1.29, 1.82) is 0 Å². The SMILES string of the molecule is CC(N)Cc1cccnc1N1CC(C)CC(C)C1. The maximum Gasteiger partial charge on any atom is 0.131 e. The lowest BCUT2D eigenvalue weighted by molar-refractivity contribution is 0.355. The molecule has 1 saturated heterocycles. The van der Waals surface area contributed by atoms with Crippen LogP contribution in [-0.2, 0) is 6.42 Å². The maximum absolute atomic E-state index is 5.93. The van der Waals surface area contributed by atoms with E-state index in [0.29, 0.717) is 0 Å². The van der Waals surface area contributed by atoms with Gasteiger partial charge in [0.1, 0.15) is 5.82 Å². The molecule has 18 heavy (non-hydrogen) atoms. The summed E-state index contributed by atoms with van der Waals surface area (Å²) in [6.45, 7) is 8.95. The molecule has 0 radical (unpaired) electrons. The minimum absolute atomic E-state index is 0.188. The lowest BCUT2D eigenvalue weighted by Crippen LogP contribution is -2.40. The van der Waals surface area contributed by atoms with Gasteiger partial charge in [0.25, 0.3) is 0 Å². The molecule has 2 N–H and O–H groups in total. The molecule has 1 fully saturated rings. The molecule has 2 heterocycles. The summed E-state index contributed by atoms with van der Waals surface area (Å²) in [5, 5.41) is 0. The number of piperidine rings is 1. The number of hydrogen-bond acceptors (Lipinski definition) is 3. The average Bonchev–Trinajstić information content (AvgIpc) is 2.27. The maximum atomic E-state index is 5.93. The van der Waals surface area contributed by atoms with Crippen LogP contribution in [0.25, 0.3) is 0 Å². The molecular weight excluding hydrogens is 222 g/mol. The van der Waals surface area contributed by atoms with E-state index in [-0.39, 0.29) is 6.04 Å². The fraction of sp³-hybridized carbons (Fsp3) is 0.667. The largest absolute Gasteiger partial charge is 0.356 e. The molecule has 100 valence electrons. The van der Waals surface area contributed by atoms with Crippen molar-refractivity contribution >= 4 is 5.82 Å². The second-order valence-electron chi connectivity index (χ2n) is 6.02. The summed E-state index contributed by atoms with van der Waals surface area (Å²) >= 11 is 0. The smallest absolute Gasteiger partial charge is 0.131 e. The quantitative estimate of drug-likeness (QED) is 0.892. The van der Waals surface area contributed by atoms with Gasteiger partial charge in [0.05, 0.1) is 0 Å². The molecule has 1 aliphatic heterocycles. The van der Waals surface area contributed by atoms with Crippen LogP contribution in [0.1, 0.15) is 32.8 Å². The number of aromatic nitrogens is 1. The van der Waals surface area contributed by atoms with Crippen molar-refractivity contribution in [2.24, 2.45) is 17.6 Å². The number of nitrogens with two attached hydrogens (primary N) is 1. The number of nitrogens with zero attached hydrogens (tertiary/aromatic N) is 2. The third-order valence-corrected chi connectivity index (χ3v) is 3.58. The molecule has 0 amide bonds. The normalized spacial score (nSPS) is 26.1. The monoisotopic (exact) mass is 247 g/mol. The van der Waals surface area contributed by atoms with Crippen molar-refractivity contribution in [3.63, 3.8) is 0 Å². The van der Waals surface area contributed by atoms with Crippen LogP contribution in [0.3, 0.4) is 0 Å². The fourth-order valence-corrected chi connectivity index (χ4v) is 3.06. The Morgan fingerprint density at radius 3 is 2.67 bits per heavy atom. The molecule has 0 saturated carbocycles. The van der Waals surface area contributed by atoms with Gasteiger partial charge in [-0.15, -0.1) is 0 Å². The van der Waals surface area contributed by atoms with Crippen LogP contribution in [0.2, 0.25) is 0 Å². The van der Waals surface area contributed by atoms with Crippen LogP contribution >= 0.6 is 0 Å². The highest BCUT2D eigenvalue weighted by molar-refractivity contribution is 5.47. The molecule has 3 heteroatoms. The second kappa shape index (κ2) is 5.70. The van der Waals surface area contributed by atoms with Crippen LogP contribution in [-0.4, -0.2) is 24.1 Å². The summed E-state index contributed by atoms with van der Waals surface area (Å²) in [7, 11) is 0. The van der Waals surface area contributed by atoms with Gasteiger partial charge >= 0.3 is 0 Å². The summed E-state index contributed by atoms with van der Waals surface area (Å²) in [6.07, 6.45) is 4.12. The number of hydrogen-bond donors (Lipinski definition) is 1. The Morgan fingerprint density at radius 1 is 1.39 bits per heavy atom. The van der Waals surface area contributed by atoms with Gasteiger partial charge in [-0.1, -0.05) is 19.9 Å². The highest BCUT2D eigenvalue weighted by atomic mass is 15.2. The van der Waals surface area contributed by atoms with Gasteiger partial charge in [-0.25, -0.2) is 4.98 Å². The Bertz CT molecular complexity index is 379. The number of pyridine rings is 1. The Kier molecular flexibility index (Phi) is 4.23.